The van der Waals surface area contributed by atoms with Crippen molar-refractivity contribution in [3.63, 3.8) is 0 Å². The van der Waals surface area contributed by atoms with Crippen LogP contribution in [0.2, 0.25) is 5.02 Å². The number of aliphatic carboxylic acids is 1. The topological polar surface area (TPSA) is 54.4 Å². The summed E-state index contributed by atoms with van der Waals surface area (Å²) < 4.78 is 0. The van der Waals surface area contributed by atoms with Crippen molar-refractivity contribution in [1.29, 1.82) is 0 Å². The summed E-state index contributed by atoms with van der Waals surface area (Å²) in [7, 11) is 0. The van der Waals surface area contributed by atoms with Crippen LogP contribution >= 0.6 is 11.6 Å². The number of carbonyl (C=O) groups is 2. The second kappa shape index (κ2) is 5.32. The highest BCUT2D eigenvalue weighted by Crippen LogP contribution is 2.15. The standard InChI is InChI=1S/C11H9ClO3/c12-10-5-8(2-1-3-11(14)15)4-9(6-10)7-13/h1-2,4-7H,3H2,(H,14,15). The van der Waals surface area contributed by atoms with Crippen LogP contribution in [0.4, 0.5) is 0 Å². The Hall–Kier alpha value is -1.61. The first-order valence-corrected chi connectivity index (χ1v) is 4.63. The van der Waals surface area contributed by atoms with E-state index in [1.165, 1.54) is 6.08 Å². The van der Waals surface area contributed by atoms with Crippen molar-refractivity contribution in [2.45, 2.75) is 6.42 Å². The predicted octanol–water partition coefficient (Wildman–Crippen LogP) is 2.64. The molecule has 3 nitrogen and oxygen atoms in total. The van der Waals surface area contributed by atoms with Gasteiger partial charge in [0.1, 0.15) is 6.29 Å². The van der Waals surface area contributed by atoms with Crippen LogP contribution in [0.1, 0.15) is 22.3 Å². The van der Waals surface area contributed by atoms with Gasteiger partial charge in [-0.3, -0.25) is 9.59 Å². The first-order valence-electron chi connectivity index (χ1n) is 4.26. The van der Waals surface area contributed by atoms with E-state index < -0.39 is 5.97 Å². The Labute approximate surface area is 92.0 Å². The zero-order chi connectivity index (χ0) is 11.3. The van der Waals surface area contributed by atoms with E-state index in [0.717, 1.165) is 0 Å². The highest BCUT2D eigenvalue weighted by molar-refractivity contribution is 6.31. The molecule has 0 amide bonds. The van der Waals surface area contributed by atoms with Crippen LogP contribution in [0.25, 0.3) is 6.08 Å². The lowest BCUT2D eigenvalue weighted by molar-refractivity contribution is -0.135. The number of benzene rings is 1. The highest BCUT2D eigenvalue weighted by Gasteiger charge is 1.96. The van der Waals surface area contributed by atoms with Gasteiger partial charge in [-0.05, 0) is 23.8 Å². The Morgan fingerprint density at radius 1 is 1.33 bits per heavy atom. The second-order valence-corrected chi connectivity index (χ2v) is 3.37. The van der Waals surface area contributed by atoms with Crippen LogP contribution in [-0.4, -0.2) is 17.4 Å². The van der Waals surface area contributed by atoms with E-state index in [9.17, 15) is 9.59 Å². The van der Waals surface area contributed by atoms with Gasteiger partial charge in [-0.2, -0.15) is 0 Å². The quantitative estimate of drug-likeness (QED) is 0.800. The molecule has 0 radical (unpaired) electrons. The van der Waals surface area contributed by atoms with E-state index in [1.54, 1.807) is 24.3 Å². The van der Waals surface area contributed by atoms with Gasteiger partial charge in [0.2, 0.25) is 0 Å². The van der Waals surface area contributed by atoms with Gasteiger partial charge in [-0.1, -0.05) is 23.8 Å². The molecule has 1 aromatic carbocycles. The first kappa shape index (κ1) is 11.5. The molecule has 0 spiro atoms. The molecule has 1 aromatic rings. The van der Waals surface area contributed by atoms with Crippen molar-refractivity contribution in [2.24, 2.45) is 0 Å². The van der Waals surface area contributed by atoms with Gasteiger partial charge >= 0.3 is 5.97 Å². The van der Waals surface area contributed by atoms with Crippen molar-refractivity contribution in [2.75, 3.05) is 0 Å². The van der Waals surface area contributed by atoms with Crippen LogP contribution in [0, 0.1) is 0 Å². The molecule has 0 aromatic heterocycles. The van der Waals surface area contributed by atoms with Crippen molar-refractivity contribution in [3.05, 3.63) is 40.4 Å². The Bertz CT molecular complexity index is 410. The van der Waals surface area contributed by atoms with E-state index in [1.807, 2.05) is 0 Å². The van der Waals surface area contributed by atoms with E-state index >= 15 is 0 Å². The number of carboxylic acid groups (broad SMARTS) is 1. The fraction of sp³-hybridized carbons (Fsp3) is 0.0909. The SMILES string of the molecule is O=Cc1cc(Cl)cc(C=CCC(=O)O)c1. The van der Waals surface area contributed by atoms with Gasteiger partial charge in [0.25, 0.3) is 0 Å². The summed E-state index contributed by atoms with van der Waals surface area (Å²) in [4.78, 5) is 20.8. The Kier molecular flexibility index (Phi) is 4.06. The molecule has 0 unspecified atom stereocenters. The van der Waals surface area contributed by atoms with Crippen LogP contribution in [0.3, 0.4) is 0 Å². The third-order valence-corrected chi connectivity index (χ3v) is 1.90. The average molecular weight is 225 g/mol. The van der Waals surface area contributed by atoms with E-state index in [2.05, 4.69) is 0 Å². The molecular formula is C11H9ClO3. The summed E-state index contributed by atoms with van der Waals surface area (Å²) in [5.74, 6) is -0.899. The van der Waals surface area contributed by atoms with Crippen LogP contribution in [-0.2, 0) is 4.79 Å². The molecule has 4 heteroatoms. The van der Waals surface area contributed by atoms with Gasteiger partial charge in [0.05, 0.1) is 6.42 Å². The average Bonchev–Trinajstić information content (AvgIpc) is 2.16. The fourth-order valence-corrected chi connectivity index (χ4v) is 1.35. The van der Waals surface area contributed by atoms with Gasteiger partial charge < -0.3 is 5.11 Å². The van der Waals surface area contributed by atoms with Crippen LogP contribution in [0.15, 0.2) is 24.3 Å². The lowest BCUT2D eigenvalue weighted by Crippen LogP contribution is -1.89. The van der Waals surface area contributed by atoms with E-state index in [4.69, 9.17) is 16.7 Å². The normalized spacial score (nSPS) is 10.5. The molecule has 0 saturated carbocycles. The summed E-state index contributed by atoms with van der Waals surface area (Å²) in [6.07, 6.45) is 3.76. The monoisotopic (exact) mass is 224 g/mol. The number of hydrogen-bond donors (Lipinski definition) is 1. The number of hydrogen-bond acceptors (Lipinski definition) is 2. The molecule has 78 valence electrons. The lowest BCUT2D eigenvalue weighted by atomic mass is 10.1. The Balaban J connectivity index is 2.85. The third-order valence-electron chi connectivity index (χ3n) is 1.68. The van der Waals surface area contributed by atoms with Crippen LogP contribution in [0.5, 0.6) is 0 Å². The maximum absolute atomic E-state index is 10.5. The third kappa shape index (κ3) is 3.95. The summed E-state index contributed by atoms with van der Waals surface area (Å²) in [6, 6.07) is 4.84. The Morgan fingerprint density at radius 2 is 2.00 bits per heavy atom. The van der Waals surface area contributed by atoms with Crippen molar-refractivity contribution in [3.8, 4) is 0 Å². The minimum absolute atomic E-state index is 0.0526. The maximum Gasteiger partial charge on any atom is 0.307 e. The summed E-state index contributed by atoms with van der Waals surface area (Å²) in [6.45, 7) is 0. The van der Waals surface area contributed by atoms with E-state index in [0.29, 0.717) is 22.4 Å². The molecule has 0 heterocycles. The minimum Gasteiger partial charge on any atom is -0.481 e. The minimum atomic E-state index is -0.899. The number of carbonyl (C=O) groups excluding carboxylic acids is 1. The fourth-order valence-electron chi connectivity index (χ4n) is 1.10. The Morgan fingerprint density at radius 3 is 2.60 bits per heavy atom. The molecular weight excluding hydrogens is 216 g/mol. The van der Waals surface area contributed by atoms with Gasteiger partial charge in [0, 0.05) is 10.6 Å². The zero-order valence-electron chi connectivity index (χ0n) is 7.81. The summed E-state index contributed by atoms with van der Waals surface area (Å²) >= 11 is 5.76. The molecule has 1 rings (SSSR count). The van der Waals surface area contributed by atoms with Crippen LogP contribution < -0.4 is 0 Å². The molecule has 0 aliphatic carbocycles. The highest BCUT2D eigenvalue weighted by atomic mass is 35.5. The molecule has 0 aliphatic rings. The summed E-state index contributed by atoms with van der Waals surface area (Å²) in [5.41, 5.74) is 1.18. The number of halogens is 1. The smallest absolute Gasteiger partial charge is 0.307 e. The molecule has 1 N–H and O–H groups in total. The molecule has 15 heavy (non-hydrogen) atoms. The van der Waals surface area contributed by atoms with Gasteiger partial charge in [0.15, 0.2) is 0 Å². The maximum atomic E-state index is 10.5. The lowest BCUT2D eigenvalue weighted by Gasteiger charge is -1.97. The van der Waals surface area contributed by atoms with Gasteiger partial charge in [-0.15, -0.1) is 0 Å². The number of rotatable bonds is 4. The second-order valence-electron chi connectivity index (χ2n) is 2.94. The first-order chi connectivity index (χ1) is 7.11. The van der Waals surface area contributed by atoms with Gasteiger partial charge in [-0.25, -0.2) is 0 Å². The molecule has 0 atom stereocenters. The largest absolute Gasteiger partial charge is 0.481 e. The van der Waals surface area contributed by atoms with E-state index in [-0.39, 0.29) is 6.42 Å². The van der Waals surface area contributed by atoms with Crippen molar-refractivity contribution >= 4 is 29.9 Å². The predicted molar refractivity (Wildman–Crippen MR) is 58.1 cm³/mol. The molecule has 0 bridgehead atoms. The number of carboxylic acids is 1. The molecule has 0 fully saturated rings. The summed E-state index contributed by atoms with van der Waals surface area (Å²) in [5, 5.41) is 8.87. The zero-order valence-corrected chi connectivity index (χ0v) is 8.57. The van der Waals surface area contributed by atoms with Crippen molar-refractivity contribution < 1.29 is 14.7 Å². The molecule has 0 aliphatic heterocycles. The van der Waals surface area contributed by atoms with Crippen molar-refractivity contribution in [1.82, 2.24) is 0 Å². The number of aldehydes is 1. The molecule has 0 saturated heterocycles.